The highest BCUT2D eigenvalue weighted by atomic mass is 16.5. The van der Waals surface area contributed by atoms with Crippen molar-refractivity contribution in [2.75, 3.05) is 0 Å². The van der Waals surface area contributed by atoms with Crippen molar-refractivity contribution in [3.8, 4) is 22.6 Å². The van der Waals surface area contributed by atoms with Crippen molar-refractivity contribution in [2.45, 2.75) is 32.6 Å². The fourth-order valence-corrected chi connectivity index (χ4v) is 5.62. The summed E-state index contributed by atoms with van der Waals surface area (Å²) in [7, 11) is 0. The van der Waals surface area contributed by atoms with Crippen molar-refractivity contribution >= 4 is 0 Å². The first-order valence-corrected chi connectivity index (χ1v) is 11.1. The molecule has 0 amide bonds. The van der Waals surface area contributed by atoms with Gasteiger partial charge in [0, 0.05) is 11.1 Å². The molecule has 0 atom stereocenters. The monoisotopic (exact) mass is 402 g/mol. The Labute approximate surface area is 184 Å². The van der Waals surface area contributed by atoms with Gasteiger partial charge in [0.15, 0.2) is 0 Å². The molecule has 0 saturated carbocycles. The van der Waals surface area contributed by atoms with Crippen LogP contribution in [-0.2, 0) is 11.8 Å². The summed E-state index contributed by atoms with van der Waals surface area (Å²) in [6.45, 7) is 6.93. The summed E-state index contributed by atoms with van der Waals surface area (Å²) in [4.78, 5) is 0. The van der Waals surface area contributed by atoms with Crippen LogP contribution in [0.1, 0.15) is 48.6 Å². The van der Waals surface area contributed by atoms with Gasteiger partial charge in [0.2, 0.25) is 0 Å². The molecule has 0 bridgehead atoms. The number of fused-ring (bicyclic) bond motifs is 9. The largest absolute Gasteiger partial charge is 0.457 e. The molecular weight excluding hydrogens is 376 g/mol. The molecule has 0 fully saturated rings. The lowest BCUT2D eigenvalue weighted by Gasteiger charge is -2.39. The van der Waals surface area contributed by atoms with Crippen LogP contribution in [0.15, 0.2) is 91.0 Å². The Balaban J connectivity index is 1.75. The second kappa shape index (κ2) is 6.34. The summed E-state index contributed by atoms with van der Waals surface area (Å²) >= 11 is 0. The minimum Gasteiger partial charge on any atom is -0.457 e. The highest BCUT2D eigenvalue weighted by Crippen LogP contribution is 2.62. The van der Waals surface area contributed by atoms with E-state index >= 15 is 0 Å². The summed E-state index contributed by atoms with van der Waals surface area (Å²) in [5, 5.41) is 0. The van der Waals surface area contributed by atoms with Gasteiger partial charge in [-0.1, -0.05) is 99.6 Å². The zero-order chi connectivity index (χ0) is 21.2. The van der Waals surface area contributed by atoms with E-state index in [9.17, 15) is 0 Å². The molecule has 1 aliphatic heterocycles. The standard InChI is InChI=1S/C30H26O/c1-29(2,3)19-20-16-17-22-21-10-4-5-11-23(21)30(26(22)18-20)24-12-6-8-14-27(24)31-28-15-9-7-13-25(28)30/h4-18H,19H2,1-3H3. The first-order valence-electron chi connectivity index (χ1n) is 11.1. The van der Waals surface area contributed by atoms with Crippen molar-refractivity contribution in [3.05, 3.63) is 119 Å². The molecule has 0 N–H and O–H groups in total. The Hall–Kier alpha value is -3.32. The van der Waals surface area contributed by atoms with Gasteiger partial charge in [-0.15, -0.1) is 0 Å². The van der Waals surface area contributed by atoms with E-state index in [0.29, 0.717) is 0 Å². The van der Waals surface area contributed by atoms with E-state index in [0.717, 1.165) is 17.9 Å². The first kappa shape index (κ1) is 18.4. The molecule has 2 aliphatic rings. The molecule has 1 spiro atoms. The summed E-state index contributed by atoms with van der Waals surface area (Å²) in [5.41, 5.74) is 9.11. The number of hydrogen-bond acceptors (Lipinski definition) is 1. The van der Waals surface area contributed by atoms with Gasteiger partial charge >= 0.3 is 0 Å². The van der Waals surface area contributed by atoms with E-state index in [1.807, 2.05) is 0 Å². The minimum atomic E-state index is -0.356. The summed E-state index contributed by atoms with van der Waals surface area (Å²) in [6.07, 6.45) is 1.05. The third-order valence-electron chi connectivity index (χ3n) is 6.65. The van der Waals surface area contributed by atoms with Crippen molar-refractivity contribution in [1.82, 2.24) is 0 Å². The van der Waals surface area contributed by atoms with Crippen LogP contribution >= 0.6 is 0 Å². The van der Waals surface area contributed by atoms with Gasteiger partial charge in [-0.2, -0.15) is 0 Å². The third-order valence-corrected chi connectivity index (χ3v) is 6.65. The Morgan fingerprint density at radius 1 is 0.613 bits per heavy atom. The molecule has 4 aromatic carbocycles. The van der Waals surface area contributed by atoms with Crippen LogP contribution in [0.2, 0.25) is 0 Å². The number of para-hydroxylation sites is 2. The lowest BCUT2D eigenvalue weighted by molar-refractivity contribution is 0.410. The fourth-order valence-electron chi connectivity index (χ4n) is 5.62. The molecule has 152 valence electrons. The quantitative estimate of drug-likeness (QED) is 0.273. The number of ether oxygens (including phenoxy) is 1. The van der Waals surface area contributed by atoms with E-state index in [1.54, 1.807) is 0 Å². The van der Waals surface area contributed by atoms with Crippen LogP contribution < -0.4 is 4.74 Å². The maximum Gasteiger partial charge on any atom is 0.132 e. The highest BCUT2D eigenvalue weighted by Gasteiger charge is 2.50. The van der Waals surface area contributed by atoms with Crippen molar-refractivity contribution < 1.29 is 4.74 Å². The van der Waals surface area contributed by atoms with Gasteiger partial charge in [0.1, 0.15) is 11.5 Å². The predicted molar refractivity (Wildman–Crippen MR) is 127 cm³/mol. The molecule has 0 radical (unpaired) electrons. The third kappa shape index (κ3) is 2.56. The Morgan fingerprint density at radius 3 is 1.81 bits per heavy atom. The zero-order valence-corrected chi connectivity index (χ0v) is 18.3. The molecular formula is C30H26O. The SMILES string of the molecule is CC(C)(C)Cc1ccc2c(c1)C1(c3ccccc3Oc3ccccc31)c1ccccc1-2. The fraction of sp³-hybridized carbons (Fsp3) is 0.200. The van der Waals surface area contributed by atoms with Gasteiger partial charge in [-0.25, -0.2) is 0 Å². The van der Waals surface area contributed by atoms with Crippen molar-refractivity contribution in [2.24, 2.45) is 5.41 Å². The van der Waals surface area contributed by atoms with Crippen LogP contribution in [0.3, 0.4) is 0 Å². The average Bonchev–Trinajstić information content (AvgIpc) is 3.04. The van der Waals surface area contributed by atoms with E-state index in [4.69, 9.17) is 4.74 Å². The van der Waals surface area contributed by atoms with E-state index in [-0.39, 0.29) is 10.8 Å². The summed E-state index contributed by atoms with van der Waals surface area (Å²) in [6, 6.07) is 33.1. The van der Waals surface area contributed by atoms with Crippen molar-refractivity contribution in [3.63, 3.8) is 0 Å². The lowest BCUT2D eigenvalue weighted by Crippen LogP contribution is -2.32. The Bertz CT molecular complexity index is 1280. The maximum atomic E-state index is 6.41. The Kier molecular flexibility index (Phi) is 3.77. The van der Waals surface area contributed by atoms with Gasteiger partial charge in [0.25, 0.3) is 0 Å². The Morgan fingerprint density at radius 2 is 1.16 bits per heavy atom. The molecule has 31 heavy (non-hydrogen) atoms. The van der Waals surface area contributed by atoms with Crippen LogP contribution in [0.5, 0.6) is 11.5 Å². The number of benzene rings is 4. The van der Waals surface area contributed by atoms with Gasteiger partial charge in [-0.05, 0) is 51.8 Å². The zero-order valence-electron chi connectivity index (χ0n) is 18.3. The maximum absolute atomic E-state index is 6.41. The van der Waals surface area contributed by atoms with Crippen LogP contribution in [0.4, 0.5) is 0 Å². The molecule has 0 unspecified atom stereocenters. The summed E-state index contributed by atoms with van der Waals surface area (Å²) in [5.74, 6) is 1.90. The lowest BCUT2D eigenvalue weighted by atomic mass is 9.66. The molecule has 4 aromatic rings. The van der Waals surface area contributed by atoms with Gasteiger partial charge in [-0.3, -0.25) is 0 Å². The van der Waals surface area contributed by atoms with Crippen LogP contribution in [0, 0.1) is 5.41 Å². The smallest absolute Gasteiger partial charge is 0.132 e. The minimum absolute atomic E-state index is 0.234. The topological polar surface area (TPSA) is 9.23 Å². The molecule has 1 heteroatoms. The van der Waals surface area contributed by atoms with Gasteiger partial charge in [0.05, 0.1) is 5.41 Å². The van der Waals surface area contributed by atoms with Gasteiger partial charge < -0.3 is 4.74 Å². The molecule has 0 aromatic heterocycles. The molecule has 6 rings (SSSR count). The second-order valence-corrected chi connectivity index (χ2v) is 10.0. The first-order chi connectivity index (χ1) is 15.0. The van der Waals surface area contributed by atoms with Crippen LogP contribution in [-0.4, -0.2) is 0 Å². The van der Waals surface area contributed by atoms with E-state index < -0.39 is 0 Å². The highest BCUT2D eigenvalue weighted by molar-refractivity contribution is 5.88. The number of hydrogen-bond donors (Lipinski definition) is 0. The molecule has 1 nitrogen and oxygen atoms in total. The molecule has 0 saturated heterocycles. The van der Waals surface area contributed by atoms with E-state index in [2.05, 4.69) is 112 Å². The van der Waals surface area contributed by atoms with E-state index in [1.165, 1.54) is 38.9 Å². The molecule has 1 aliphatic carbocycles. The average molecular weight is 403 g/mol. The number of rotatable bonds is 1. The summed E-state index contributed by atoms with van der Waals surface area (Å²) < 4.78 is 6.41. The second-order valence-electron chi connectivity index (χ2n) is 10.0. The molecule has 1 heterocycles. The van der Waals surface area contributed by atoms with Crippen LogP contribution in [0.25, 0.3) is 11.1 Å². The van der Waals surface area contributed by atoms with Crippen molar-refractivity contribution in [1.29, 1.82) is 0 Å². The normalized spacial score (nSPS) is 14.9. The predicted octanol–water partition coefficient (Wildman–Crippen LogP) is 7.74.